The minimum absolute atomic E-state index is 0.0452. The molecule has 7 heteroatoms. The van der Waals surface area contributed by atoms with Gasteiger partial charge in [0.15, 0.2) is 5.69 Å². The van der Waals surface area contributed by atoms with Crippen LogP contribution in [-0.4, -0.2) is 69.9 Å². The Kier molecular flexibility index (Phi) is 5.98. The quantitative estimate of drug-likeness (QED) is 0.509. The van der Waals surface area contributed by atoms with E-state index in [9.17, 15) is 9.90 Å². The van der Waals surface area contributed by atoms with Gasteiger partial charge in [0.2, 0.25) is 0 Å². The number of benzene rings is 2. The smallest absolute Gasteiger partial charge is 0.274 e. The maximum absolute atomic E-state index is 13.2. The van der Waals surface area contributed by atoms with E-state index in [2.05, 4.69) is 16.1 Å². The summed E-state index contributed by atoms with van der Waals surface area (Å²) >= 11 is 0. The first kappa shape index (κ1) is 21.4. The third-order valence-electron chi connectivity index (χ3n) is 6.26. The number of aryl methyl sites for hydroxylation is 1. The number of hydrogen-bond donors (Lipinski definition) is 1. The number of carbonyl (C=O) groups excluding carboxylic acids is 1. The van der Waals surface area contributed by atoms with Crippen molar-refractivity contribution in [2.75, 3.05) is 39.3 Å². The summed E-state index contributed by atoms with van der Waals surface area (Å²) in [6.45, 7) is 3.81. The van der Waals surface area contributed by atoms with Crippen LogP contribution in [0.5, 0.6) is 0 Å². The molecule has 33 heavy (non-hydrogen) atoms. The number of aliphatic hydroxyl groups is 1. The van der Waals surface area contributed by atoms with E-state index in [0.29, 0.717) is 25.3 Å². The molecule has 5 rings (SSSR count). The lowest BCUT2D eigenvalue weighted by molar-refractivity contribution is 0.0754. The Bertz CT molecular complexity index is 1240. The fourth-order valence-electron chi connectivity index (χ4n) is 4.50. The Labute approximate surface area is 192 Å². The summed E-state index contributed by atoms with van der Waals surface area (Å²) in [5, 5.41) is 14.8. The van der Waals surface area contributed by atoms with E-state index in [-0.39, 0.29) is 12.5 Å². The van der Waals surface area contributed by atoms with Crippen molar-refractivity contribution in [3.8, 4) is 22.6 Å². The number of aliphatic hydroxyl groups excluding tert-OH is 1. The van der Waals surface area contributed by atoms with E-state index in [1.54, 1.807) is 4.68 Å². The zero-order valence-electron chi connectivity index (χ0n) is 18.8. The van der Waals surface area contributed by atoms with E-state index in [4.69, 9.17) is 4.42 Å². The number of amides is 1. The second-order valence-corrected chi connectivity index (χ2v) is 8.48. The summed E-state index contributed by atoms with van der Waals surface area (Å²) in [6, 6.07) is 20.0. The molecule has 1 amide bonds. The van der Waals surface area contributed by atoms with Crippen LogP contribution in [0.1, 0.15) is 16.9 Å². The Hall–Kier alpha value is -3.42. The fourth-order valence-corrected chi connectivity index (χ4v) is 4.50. The van der Waals surface area contributed by atoms with Gasteiger partial charge in [-0.3, -0.25) is 14.4 Å². The molecule has 0 unspecified atom stereocenters. The summed E-state index contributed by atoms with van der Waals surface area (Å²) in [4.78, 5) is 17.2. The molecular formula is C26H28N4O3. The van der Waals surface area contributed by atoms with Crippen molar-refractivity contribution in [3.05, 3.63) is 66.4 Å². The number of hydrogen-bond acceptors (Lipinski definition) is 5. The molecule has 0 saturated carbocycles. The predicted molar refractivity (Wildman–Crippen MR) is 128 cm³/mol. The van der Waals surface area contributed by atoms with E-state index < -0.39 is 0 Å². The van der Waals surface area contributed by atoms with Gasteiger partial charge in [0.1, 0.15) is 11.3 Å². The monoisotopic (exact) mass is 444 g/mol. The summed E-state index contributed by atoms with van der Waals surface area (Å²) in [7, 11) is 1.87. The van der Waals surface area contributed by atoms with Crippen LogP contribution in [0.2, 0.25) is 0 Å². The molecule has 0 radical (unpaired) electrons. The van der Waals surface area contributed by atoms with E-state index in [1.807, 2.05) is 66.5 Å². The SMILES string of the molecule is Cn1nc(C(=O)N2CCCN(CCO)CC2)cc1-c1cccc(-c2cc3ccccc3o2)c1. The zero-order valence-corrected chi connectivity index (χ0v) is 18.8. The van der Waals surface area contributed by atoms with Crippen LogP contribution in [0.4, 0.5) is 0 Å². The average Bonchev–Trinajstić information content (AvgIpc) is 3.36. The van der Waals surface area contributed by atoms with Gasteiger partial charge >= 0.3 is 0 Å². The van der Waals surface area contributed by atoms with Crippen LogP contribution < -0.4 is 0 Å². The molecule has 0 atom stereocenters. The number of furan rings is 1. The van der Waals surface area contributed by atoms with Crippen molar-refractivity contribution < 1.29 is 14.3 Å². The van der Waals surface area contributed by atoms with Crippen molar-refractivity contribution >= 4 is 16.9 Å². The highest BCUT2D eigenvalue weighted by atomic mass is 16.3. The van der Waals surface area contributed by atoms with Crippen molar-refractivity contribution in [1.82, 2.24) is 19.6 Å². The first-order chi connectivity index (χ1) is 16.1. The van der Waals surface area contributed by atoms with Crippen LogP contribution in [0, 0.1) is 0 Å². The van der Waals surface area contributed by atoms with Crippen molar-refractivity contribution in [2.24, 2.45) is 7.05 Å². The van der Waals surface area contributed by atoms with Gasteiger partial charge in [-0.05, 0) is 37.2 Å². The number of aromatic nitrogens is 2. The van der Waals surface area contributed by atoms with Crippen molar-refractivity contribution in [1.29, 1.82) is 0 Å². The molecule has 3 heterocycles. The highest BCUT2D eigenvalue weighted by molar-refractivity contribution is 5.93. The van der Waals surface area contributed by atoms with Gasteiger partial charge in [0, 0.05) is 49.7 Å². The topological polar surface area (TPSA) is 74.7 Å². The van der Waals surface area contributed by atoms with Crippen LogP contribution in [0.15, 0.2) is 65.1 Å². The first-order valence-electron chi connectivity index (χ1n) is 11.4. The number of carbonyl (C=O) groups is 1. The van der Waals surface area contributed by atoms with Crippen LogP contribution in [0.3, 0.4) is 0 Å². The van der Waals surface area contributed by atoms with E-state index in [1.165, 1.54) is 0 Å². The van der Waals surface area contributed by atoms with Crippen molar-refractivity contribution in [3.63, 3.8) is 0 Å². The van der Waals surface area contributed by atoms with Gasteiger partial charge in [-0.25, -0.2) is 0 Å². The average molecular weight is 445 g/mol. The lowest BCUT2D eigenvalue weighted by atomic mass is 10.1. The highest BCUT2D eigenvalue weighted by Gasteiger charge is 2.23. The lowest BCUT2D eigenvalue weighted by Crippen LogP contribution is -2.36. The summed E-state index contributed by atoms with van der Waals surface area (Å²) < 4.78 is 7.80. The zero-order chi connectivity index (χ0) is 22.8. The van der Waals surface area contributed by atoms with Crippen LogP contribution in [0.25, 0.3) is 33.6 Å². The molecular weight excluding hydrogens is 416 g/mol. The number of nitrogens with zero attached hydrogens (tertiary/aromatic N) is 4. The Morgan fingerprint density at radius 2 is 1.85 bits per heavy atom. The molecule has 1 aliphatic heterocycles. The Morgan fingerprint density at radius 3 is 2.70 bits per heavy atom. The molecule has 1 aliphatic rings. The second-order valence-electron chi connectivity index (χ2n) is 8.48. The normalized spacial score (nSPS) is 15.2. The molecule has 0 spiro atoms. The molecule has 170 valence electrons. The second kappa shape index (κ2) is 9.21. The minimum atomic E-state index is -0.0452. The van der Waals surface area contributed by atoms with Gasteiger partial charge < -0.3 is 14.4 Å². The maximum atomic E-state index is 13.2. The molecule has 2 aromatic carbocycles. The number of fused-ring (bicyclic) bond motifs is 1. The molecule has 1 saturated heterocycles. The Balaban J connectivity index is 1.38. The molecule has 1 N–H and O–H groups in total. The standard InChI is InChI=1S/C26H28N4O3/c1-28-23(18-22(27-28)26(32)30-11-5-10-29(12-13-30)14-15-31)19-7-4-8-20(16-19)25-17-21-6-2-3-9-24(21)33-25/h2-4,6-9,16-18,31H,5,10-15H2,1H3. The molecule has 0 bridgehead atoms. The predicted octanol–water partition coefficient (Wildman–Crippen LogP) is 3.64. The van der Waals surface area contributed by atoms with Gasteiger partial charge in [0.05, 0.1) is 12.3 Å². The number of β-amino-alcohol motifs (C(OH)–C–C–N with tert-alkyl or cyclic N) is 1. The Morgan fingerprint density at radius 1 is 1.00 bits per heavy atom. The molecule has 4 aromatic rings. The highest BCUT2D eigenvalue weighted by Crippen LogP contribution is 2.31. The van der Waals surface area contributed by atoms with Crippen LogP contribution in [-0.2, 0) is 7.05 Å². The molecule has 1 fully saturated rings. The number of para-hydroxylation sites is 1. The fraction of sp³-hybridized carbons (Fsp3) is 0.308. The van der Waals surface area contributed by atoms with E-state index in [0.717, 1.165) is 53.1 Å². The van der Waals surface area contributed by atoms with Crippen molar-refractivity contribution in [2.45, 2.75) is 6.42 Å². The lowest BCUT2D eigenvalue weighted by Gasteiger charge is -2.20. The van der Waals surface area contributed by atoms with Gasteiger partial charge in [0.25, 0.3) is 5.91 Å². The third kappa shape index (κ3) is 4.42. The summed E-state index contributed by atoms with van der Waals surface area (Å²) in [5.74, 6) is 0.768. The molecule has 0 aliphatic carbocycles. The van der Waals surface area contributed by atoms with E-state index >= 15 is 0 Å². The van der Waals surface area contributed by atoms with Gasteiger partial charge in [-0.2, -0.15) is 5.10 Å². The number of rotatable bonds is 5. The molecule has 7 nitrogen and oxygen atoms in total. The van der Waals surface area contributed by atoms with Gasteiger partial charge in [-0.15, -0.1) is 0 Å². The molecule has 2 aromatic heterocycles. The first-order valence-corrected chi connectivity index (χ1v) is 11.4. The van der Waals surface area contributed by atoms with Gasteiger partial charge in [-0.1, -0.05) is 36.4 Å². The van der Waals surface area contributed by atoms with Crippen LogP contribution >= 0.6 is 0 Å². The third-order valence-corrected chi connectivity index (χ3v) is 6.26. The summed E-state index contributed by atoms with van der Waals surface area (Å²) in [6.07, 6.45) is 0.894. The minimum Gasteiger partial charge on any atom is -0.456 e. The largest absolute Gasteiger partial charge is 0.456 e. The maximum Gasteiger partial charge on any atom is 0.274 e. The summed E-state index contributed by atoms with van der Waals surface area (Å²) in [5.41, 5.74) is 4.16.